The molecular formula is C19H18FN3OS. The number of rotatable bonds is 4. The zero-order valence-corrected chi connectivity index (χ0v) is 14.5. The molecule has 25 heavy (non-hydrogen) atoms. The first-order chi connectivity index (χ1) is 12.2. The normalized spacial score (nSPS) is 16.7. The van der Waals surface area contributed by atoms with E-state index < -0.39 is 6.04 Å². The number of hydrogen-bond donors (Lipinski definition) is 0. The van der Waals surface area contributed by atoms with E-state index in [1.54, 1.807) is 34.4 Å². The molecule has 1 aliphatic heterocycles. The Kier molecular flexibility index (Phi) is 5.59. The van der Waals surface area contributed by atoms with E-state index in [-0.39, 0.29) is 11.7 Å². The monoisotopic (exact) mass is 355 g/mol. The quantitative estimate of drug-likeness (QED) is 0.791. The van der Waals surface area contributed by atoms with Gasteiger partial charge in [-0.05, 0) is 46.2 Å². The summed E-state index contributed by atoms with van der Waals surface area (Å²) < 4.78 is 13.1. The molecule has 6 heteroatoms. The lowest BCUT2D eigenvalue weighted by Gasteiger charge is -2.36. The molecule has 0 saturated carbocycles. The molecule has 1 aromatic carbocycles. The highest BCUT2D eigenvalue weighted by atomic mass is 32.1. The fraction of sp³-hybridized carbons (Fsp3) is 0.263. The molecule has 1 saturated heterocycles. The molecule has 1 atom stereocenters. The van der Waals surface area contributed by atoms with Crippen LogP contribution in [0.5, 0.6) is 0 Å². The molecule has 0 N–H and O–H groups in total. The number of nitrogens with zero attached hydrogens (tertiary/aromatic N) is 3. The van der Waals surface area contributed by atoms with Gasteiger partial charge in [-0.15, -0.1) is 0 Å². The number of hydrogen-bond acceptors (Lipinski definition) is 4. The maximum absolute atomic E-state index is 13.1. The number of piperazine rings is 1. The van der Waals surface area contributed by atoms with Crippen LogP contribution in [-0.4, -0.2) is 41.9 Å². The Morgan fingerprint density at radius 1 is 1.20 bits per heavy atom. The SMILES string of the molecule is N#CC(c1ccc(F)cc1)N1CCN(C(=O)C=Cc2ccsc2)CC1. The van der Waals surface area contributed by atoms with E-state index in [0.717, 1.165) is 11.1 Å². The van der Waals surface area contributed by atoms with Gasteiger partial charge in [-0.3, -0.25) is 9.69 Å². The second-order valence-electron chi connectivity index (χ2n) is 5.83. The molecule has 0 radical (unpaired) electrons. The van der Waals surface area contributed by atoms with Crippen molar-refractivity contribution in [2.24, 2.45) is 0 Å². The Morgan fingerprint density at radius 3 is 2.52 bits per heavy atom. The summed E-state index contributed by atoms with van der Waals surface area (Å²) in [7, 11) is 0. The van der Waals surface area contributed by atoms with E-state index in [4.69, 9.17) is 0 Å². The van der Waals surface area contributed by atoms with Crippen molar-refractivity contribution in [1.29, 1.82) is 5.26 Å². The van der Waals surface area contributed by atoms with E-state index >= 15 is 0 Å². The van der Waals surface area contributed by atoms with Crippen LogP contribution in [-0.2, 0) is 4.79 Å². The summed E-state index contributed by atoms with van der Waals surface area (Å²) in [4.78, 5) is 16.1. The van der Waals surface area contributed by atoms with Gasteiger partial charge in [0.05, 0.1) is 6.07 Å². The van der Waals surface area contributed by atoms with E-state index in [1.807, 2.05) is 27.8 Å². The third-order valence-electron chi connectivity index (χ3n) is 4.26. The molecule has 4 nitrogen and oxygen atoms in total. The third kappa shape index (κ3) is 4.32. The number of nitriles is 1. The van der Waals surface area contributed by atoms with Crippen LogP contribution in [0.2, 0.25) is 0 Å². The number of thiophene rings is 1. The zero-order valence-electron chi connectivity index (χ0n) is 13.6. The molecule has 1 aromatic heterocycles. The number of halogens is 1. The van der Waals surface area contributed by atoms with Crippen LogP contribution in [0.15, 0.2) is 47.2 Å². The first kappa shape index (κ1) is 17.3. The Balaban J connectivity index is 1.58. The summed E-state index contributed by atoms with van der Waals surface area (Å²) >= 11 is 1.59. The van der Waals surface area contributed by atoms with Gasteiger partial charge in [0.1, 0.15) is 11.9 Å². The van der Waals surface area contributed by atoms with Crippen molar-refractivity contribution in [2.75, 3.05) is 26.2 Å². The van der Waals surface area contributed by atoms with Crippen LogP contribution in [0.3, 0.4) is 0 Å². The van der Waals surface area contributed by atoms with Crippen molar-refractivity contribution in [3.63, 3.8) is 0 Å². The fourth-order valence-electron chi connectivity index (χ4n) is 2.86. The second kappa shape index (κ2) is 8.06. The number of amides is 1. The number of carbonyl (C=O) groups excluding carboxylic acids is 1. The summed E-state index contributed by atoms with van der Waals surface area (Å²) in [6.45, 7) is 2.39. The lowest BCUT2D eigenvalue weighted by Crippen LogP contribution is -2.49. The smallest absolute Gasteiger partial charge is 0.246 e. The van der Waals surface area contributed by atoms with Gasteiger partial charge < -0.3 is 4.90 Å². The largest absolute Gasteiger partial charge is 0.337 e. The van der Waals surface area contributed by atoms with E-state index in [9.17, 15) is 14.4 Å². The van der Waals surface area contributed by atoms with Crippen LogP contribution in [0.1, 0.15) is 17.2 Å². The molecule has 128 valence electrons. The van der Waals surface area contributed by atoms with Crippen LogP contribution < -0.4 is 0 Å². The van der Waals surface area contributed by atoms with Crippen molar-refractivity contribution < 1.29 is 9.18 Å². The Hall–Kier alpha value is -2.49. The molecule has 3 rings (SSSR count). The molecule has 1 amide bonds. The van der Waals surface area contributed by atoms with Crippen molar-refractivity contribution in [2.45, 2.75) is 6.04 Å². The fourth-order valence-corrected chi connectivity index (χ4v) is 3.48. The zero-order chi connectivity index (χ0) is 17.6. The van der Waals surface area contributed by atoms with Crippen molar-refractivity contribution in [1.82, 2.24) is 9.80 Å². The number of benzene rings is 1. The highest BCUT2D eigenvalue weighted by Crippen LogP contribution is 2.22. The number of carbonyl (C=O) groups is 1. The Labute approximate surface area is 150 Å². The first-order valence-electron chi connectivity index (χ1n) is 8.05. The molecule has 0 spiro atoms. The van der Waals surface area contributed by atoms with Gasteiger partial charge in [-0.2, -0.15) is 16.6 Å². The van der Waals surface area contributed by atoms with E-state index in [0.29, 0.717) is 26.2 Å². The van der Waals surface area contributed by atoms with Gasteiger partial charge in [0, 0.05) is 32.3 Å². The predicted octanol–water partition coefficient (Wildman–Crippen LogP) is 3.31. The molecule has 0 bridgehead atoms. The van der Waals surface area contributed by atoms with Gasteiger partial charge in [0.15, 0.2) is 0 Å². The highest BCUT2D eigenvalue weighted by Gasteiger charge is 2.26. The van der Waals surface area contributed by atoms with Gasteiger partial charge in [0.2, 0.25) is 5.91 Å². The second-order valence-corrected chi connectivity index (χ2v) is 6.61. The van der Waals surface area contributed by atoms with Gasteiger partial charge >= 0.3 is 0 Å². The maximum atomic E-state index is 13.1. The standard InChI is InChI=1S/C19H18FN3OS/c20-17-4-2-16(3-5-17)18(13-21)22-8-10-23(11-9-22)19(24)6-1-15-7-12-25-14-15/h1-7,12,14,18H,8-11H2. The molecule has 2 aromatic rings. The van der Waals surface area contributed by atoms with Crippen LogP contribution in [0.4, 0.5) is 4.39 Å². The highest BCUT2D eigenvalue weighted by molar-refractivity contribution is 7.08. The lowest BCUT2D eigenvalue weighted by atomic mass is 10.1. The lowest BCUT2D eigenvalue weighted by molar-refractivity contribution is -0.127. The molecule has 2 heterocycles. The van der Waals surface area contributed by atoms with Gasteiger partial charge in [-0.25, -0.2) is 4.39 Å². The summed E-state index contributed by atoms with van der Waals surface area (Å²) in [5, 5.41) is 13.5. The minimum atomic E-state index is -0.417. The molecule has 0 aliphatic carbocycles. The first-order valence-corrected chi connectivity index (χ1v) is 9.00. The van der Waals surface area contributed by atoms with Crippen molar-refractivity contribution >= 4 is 23.3 Å². The Morgan fingerprint density at radius 2 is 1.92 bits per heavy atom. The van der Waals surface area contributed by atoms with Gasteiger partial charge in [-0.1, -0.05) is 12.1 Å². The van der Waals surface area contributed by atoms with Crippen LogP contribution >= 0.6 is 11.3 Å². The van der Waals surface area contributed by atoms with Gasteiger partial charge in [0.25, 0.3) is 0 Å². The maximum Gasteiger partial charge on any atom is 0.246 e. The average Bonchev–Trinajstić information content (AvgIpc) is 3.16. The summed E-state index contributed by atoms with van der Waals surface area (Å²) in [5.74, 6) is -0.325. The molecule has 1 aliphatic rings. The third-order valence-corrected chi connectivity index (χ3v) is 4.96. The molecule has 1 unspecified atom stereocenters. The molecular weight excluding hydrogens is 337 g/mol. The minimum absolute atomic E-state index is 0.0128. The predicted molar refractivity (Wildman–Crippen MR) is 96.3 cm³/mol. The van der Waals surface area contributed by atoms with Crippen molar-refractivity contribution in [3.05, 3.63) is 64.1 Å². The van der Waals surface area contributed by atoms with Crippen LogP contribution in [0.25, 0.3) is 6.08 Å². The van der Waals surface area contributed by atoms with E-state index in [2.05, 4.69) is 6.07 Å². The van der Waals surface area contributed by atoms with Crippen LogP contribution in [0, 0.1) is 17.1 Å². The summed E-state index contributed by atoms with van der Waals surface area (Å²) in [6, 6.07) is 9.86. The average molecular weight is 355 g/mol. The summed E-state index contributed by atoms with van der Waals surface area (Å²) in [5.41, 5.74) is 1.80. The van der Waals surface area contributed by atoms with E-state index in [1.165, 1.54) is 12.1 Å². The summed E-state index contributed by atoms with van der Waals surface area (Å²) in [6.07, 6.45) is 3.42. The Bertz CT molecular complexity index is 772. The van der Waals surface area contributed by atoms with Crippen molar-refractivity contribution in [3.8, 4) is 6.07 Å². The minimum Gasteiger partial charge on any atom is -0.337 e. The topological polar surface area (TPSA) is 47.3 Å². The molecule has 1 fully saturated rings.